The van der Waals surface area contributed by atoms with E-state index in [1.54, 1.807) is 0 Å². The van der Waals surface area contributed by atoms with Crippen molar-refractivity contribution in [1.82, 2.24) is 10.2 Å². The molecule has 90 valence electrons. The van der Waals surface area contributed by atoms with E-state index in [-0.39, 0.29) is 5.91 Å². The summed E-state index contributed by atoms with van der Waals surface area (Å²) in [5.41, 5.74) is 4.70. The highest BCUT2D eigenvalue weighted by atomic mass is 16.3. The van der Waals surface area contributed by atoms with E-state index in [4.69, 9.17) is 5.73 Å². The van der Waals surface area contributed by atoms with Crippen molar-refractivity contribution in [1.29, 1.82) is 0 Å². The molecule has 4 N–H and O–H groups in total. The van der Waals surface area contributed by atoms with Gasteiger partial charge >= 0.3 is 0 Å². The van der Waals surface area contributed by atoms with Crippen molar-refractivity contribution in [3.63, 3.8) is 0 Å². The third-order valence-corrected chi connectivity index (χ3v) is 3.44. The van der Waals surface area contributed by atoms with Crippen LogP contribution in [0.3, 0.4) is 0 Å². The average Bonchev–Trinajstić information content (AvgIpc) is 2.67. The van der Waals surface area contributed by atoms with E-state index in [1.165, 1.54) is 11.8 Å². The van der Waals surface area contributed by atoms with Crippen LogP contribution in [0.25, 0.3) is 0 Å². The Kier molecular flexibility index (Phi) is 2.63. The first kappa shape index (κ1) is 11.3. The Balaban J connectivity index is 2.08. The van der Waals surface area contributed by atoms with Crippen LogP contribution in [-0.2, 0) is 9.59 Å². The molecule has 1 spiro atoms. The van der Waals surface area contributed by atoms with Crippen molar-refractivity contribution in [2.24, 2.45) is 5.73 Å². The maximum Gasteiger partial charge on any atom is 0.245 e. The minimum atomic E-state index is -0.930. The number of aliphatic hydroxyl groups excluding tert-OH is 1. The third-order valence-electron chi connectivity index (χ3n) is 3.44. The van der Waals surface area contributed by atoms with Crippen LogP contribution in [0.2, 0.25) is 0 Å². The lowest BCUT2D eigenvalue weighted by atomic mass is 9.84. The summed E-state index contributed by atoms with van der Waals surface area (Å²) >= 11 is 0. The molecule has 6 nitrogen and oxygen atoms in total. The molecule has 2 aliphatic rings. The highest BCUT2D eigenvalue weighted by Crippen LogP contribution is 2.33. The number of likely N-dealkylation sites (tertiary alicyclic amines) is 1. The fourth-order valence-corrected chi connectivity index (χ4v) is 2.61. The summed E-state index contributed by atoms with van der Waals surface area (Å²) in [5, 5.41) is 12.6. The lowest BCUT2D eigenvalue weighted by Gasteiger charge is -2.50. The van der Waals surface area contributed by atoms with Gasteiger partial charge in [-0.2, -0.15) is 0 Å². The molecule has 0 aromatic heterocycles. The Morgan fingerprint density at radius 3 is 2.75 bits per heavy atom. The number of carbonyl (C=O) groups excluding carboxylic acids is 2. The van der Waals surface area contributed by atoms with E-state index in [2.05, 4.69) is 5.32 Å². The van der Waals surface area contributed by atoms with Crippen LogP contribution in [0.4, 0.5) is 0 Å². The van der Waals surface area contributed by atoms with Gasteiger partial charge in [0.25, 0.3) is 0 Å². The predicted octanol–water partition coefficient (Wildman–Crippen LogP) is -1.81. The highest BCUT2D eigenvalue weighted by molar-refractivity contribution is 5.97. The van der Waals surface area contributed by atoms with Gasteiger partial charge in [0.1, 0.15) is 11.6 Å². The van der Waals surface area contributed by atoms with Gasteiger partial charge in [0.05, 0.1) is 6.10 Å². The minimum Gasteiger partial charge on any atom is -0.391 e. The molecule has 2 aliphatic heterocycles. The molecule has 3 atom stereocenters. The second-order valence-electron chi connectivity index (χ2n) is 4.63. The lowest BCUT2D eigenvalue weighted by molar-refractivity contribution is -0.163. The molecule has 2 saturated heterocycles. The van der Waals surface area contributed by atoms with E-state index >= 15 is 0 Å². The van der Waals surface area contributed by atoms with Gasteiger partial charge in [-0.25, -0.2) is 0 Å². The summed E-state index contributed by atoms with van der Waals surface area (Å²) in [4.78, 5) is 24.5. The van der Waals surface area contributed by atoms with Crippen LogP contribution in [-0.4, -0.2) is 52.6 Å². The van der Waals surface area contributed by atoms with Gasteiger partial charge in [-0.15, -0.1) is 0 Å². The molecule has 0 bridgehead atoms. The number of aliphatic hydroxyl groups is 1. The zero-order chi connectivity index (χ0) is 11.9. The molecule has 0 saturated carbocycles. The number of nitrogens with two attached hydrogens (primary N) is 1. The Morgan fingerprint density at radius 1 is 1.69 bits per heavy atom. The van der Waals surface area contributed by atoms with Gasteiger partial charge in [-0.05, 0) is 26.3 Å². The van der Waals surface area contributed by atoms with E-state index < -0.39 is 23.6 Å². The van der Waals surface area contributed by atoms with Gasteiger partial charge in [0.2, 0.25) is 11.8 Å². The van der Waals surface area contributed by atoms with E-state index in [1.807, 2.05) is 0 Å². The van der Waals surface area contributed by atoms with E-state index in [9.17, 15) is 14.7 Å². The molecule has 0 aromatic carbocycles. The maximum atomic E-state index is 12.0. The molecular formula is C10H17N3O3. The van der Waals surface area contributed by atoms with Gasteiger partial charge in [0, 0.05) is 6.54 Å². The molecule has 0 aliphatic carbocycles. The summed E-state index contributed by atoms with van der Waals surface area (Å²) in [6.07, 6.45) is 0.837. The SMILES string of the molecule is CC(O)C(C(N)=O)N1C[C@]2(CCCN2)C1=O. The smallest absolute Gasteiger partial charge is 0.245 e. The molecule has 2 heterocycles. The summed E-state index contributed by atoms with van der Waals surface area (Å²) in [6.45, 7) is 2.76. The van der Waals surface area contributed by atoms with Crippen molar-refractivity contribution in [2.75, 3.05) is 13.1 Å². The number of carbonyl (C=O) groups is 2. The molecule has 2 amide bonds. The minimum absolute atomic E-state index is 0.116. The first-order valence-corrected chi connectivity index (χ1v) is 5.51. The predicted molar refractivity (Wildman–Crippen MR) is 56.3 cm³/mol. The van der Waals surface area contributed by atoms with Crippen LogP contribution in [0.15, 0.2) is 0 Å². The van der Waals surface area contributed by atoms with Gasteiger partial charge < -0.3 is 21.1 Å². The quantitative estimate of drug-likeness (QED) is 0.495. The fraction of sp³-hybridized carbons (Fsp3) is 0.800. The van der Waals surface area contributed by atoms with Gasteiger partial charge in [-0.3, -0.25) is 9.59 Å². The number of nitrogens with one attached hydrogen (secondary N) is 1. The number of rotatable bonds is 3. The number of hydrogen-bond donors (Lipinski definition) is 3. The van der Waals surface area contributed by atoms with Gasteiger partial charge in [-0.1, -0.05) is 0 Å². The summed E-state index contributed by atoms with van der Waals surface area (Å²) in [5.74, 6) is -0.772. The van der Waals surface area contributed by atoms with Crippen LogP contribution < -0.4 is 11.1 Å². The number of amides is 2. The fourth-order valence-electron chi connectivity index (χ4n) is 2.61. The number of primary amides is 1. The first-order chi connectivity index (χ1) is 7.48. The van der Waals surface area contributed by atoms with Crippen molar-refractivity contribution < 1.29 is 14.7 Å². The first-order valence-electron chi connectivity index (χ1n) is 5.51. The third kappa shape index (κ3) is 1.49. The van der Waals surface area contributed by atoms with Crippen molar-refractivity contribution in [2.45, 2.75) is 37.5 Å². The standard InChI is InChI=1S/C10H17N3O3/c1-6(14)7(8(11)15)13-5-10(9(13)16)3-2-4-12-10/h6-7,12,14H,2-5H2,1H3,(H2,11,15)/t6?,7?,10-/m1/s1. The van der Waals surface area contributed by atoms with Crippen LogP contribution in [0, 0.1) is 0 Å². The van der Waals surface area contributed by atoms with Crippen molar-refractivity contribution in [3.8, 4) is 0 Å². The zero-order valence-corrected chi connectivity index (χ0v) is 9.27. The van der Waals surface area contributed by atoms with Crippen LogP contribution >= 0.6 is 0 Å². The average molecular weight is 227 g/mol. The van der Waals surface area contributed by atoms with E-state index in [0.29, 0.717) is 6.54 Å². The summed E-state index contributed by atoms with van der Waals surface area (Å²) in [6, 6.07) is -0.902. The molecule has 0 radical (unpaired) electrons. The molecular weight excluding hydrogens is 210 g/mol. The highest BCUT2D eigenvalue weighted by Gasteiger charge is 2.56. The topological polar surface area (TPSA) is 95.7 Å². The molecule has 0 aromatic rings. The summed E-state index contributed by atoms with van der Waals surface area (Å²) in [7, 11) is 0. The van der Waals surface area contributed by atoms with Crippen LogP contribution in [0.5, 0.6) is 0 Å². The Hall–Kier alpha value is -1.14. The van der Waals surface area contributed by atoms with Gasteiger partial charge in [0.15, 0.2) is 0 Å². The monoisotopic (exact) mass is 227 g/mol. The van der Waals surface area contributed by atoms with Crippen molar-refractivity contribution >= 4 is 11.8 Å². The molecule has 2 fully saturated rings. The second kappa shape index (κ2) is 3.71. The van der Waals surface area contributed by atoms with E-state index in [0.717, 1.165) is 19.4 Å². The second-order valence-corrected chi connectivity index (χ2v) is 4.63. The Morgan fingerprint density at radius 2 is 2.38 bits per heavy atom. The maximum absolute atomic E-state index is 12.0. The molecule has 2 rings (SSSR count). The normalized spacial score (nSPS) is 32.6. The zero-order valence-electron chi connectivity index (χ0n) is 9.27. The largest absolute Gasteiger partial charge is 0.391 e. The van der Waals surface area contributed by atoms with Crippen molar-refractivity contribution in [3.05, 3.63) is 0 Å². The lowest BCUT2D eigenvalue weighted by Crippen LogP contribution is -2.75. The molecule has 2 unspecified atom stereocenters. The number of β-lactam (4-membered cyclic amide) rings is 1. The molecule has 16 heavy (non-hydrogen) atoms. The molecule has 6 heteroatoms. The number of hydrogen-bond acceptors (Lipinski definition) is 4. The number of nitrogens with zero attached hydrogens (tertiary/aromatic N) is 1. The van der Waals surface area contributed by atoms with Crippen LogP contribution in [0.1, 0.15) is 19.8 Å². The summed E-state index contributed by atoms with van der Waals surface area (Å²) < 4.78 is 0. The Labute approximate surface area is 93.8 Å². The Bertz CT molecular complexity index is 323.